The average molecular weight is 437 g/mol. The van der Waals surface area contributed by atoms with Gasteiger partial charge in [0.05, 0.1) is 24.5 Å². The molecule has 0 radical (unpaired) electrons. The molecule has 4 rings (SSSR count). The molecule has 7 heteroatoms. The van der Waals surface area contributed by atoms with Gasteiger partial charge in [0.1, 0.15) is 5.82 Å². The van der Waals surface area contributed by atoms with Crippen LogP contribution in [0.2, 0.25) is 0 Å². The summed E-state index contributed by atoms with van der Waals surface area (Å²) in [5.41, 5.74) is 4.48. The van der Waals surface area contributed by atoms with Gasteiger partial charge >= 0.3 is 0 Å². The second-order valence-electron chi connectivity index (χ2n) is 8.80. The summed E-state index contributed by atoms with van der Waals surface area (Å²) in [4.78, 5) is 16.7. The highest BCUT2D eigenvalue weighted by molar-refractivity contribution is 5.75. The van der Waals surface area contributed by atoms with Crippen LogP contribution in [0.1, 0.15) is 51.0 Å². The van der Waals surface area contributed by atoms with Crippen LogP contribution in [0, 0.1) is 0 Å². The van der Waals surface area contributed by atoms with E-state index >= 15 is 0 Å². The molecule has 7 nitrogen and oxygen atoms in total. The number of anilines is 2. The summed E-state index contributed by atoms with van der Waals surface area (Å²) < 4.78 is 5.52. The Balaban J connectivity index is 1.61. The molecule has 32 heavy (non-hydrogen) atoms. The standard InChI is InChI=1S/C25H36N6O/c1-3-4-11-27-25-28-17-22(24(30-25)29-21-9-7-19(2)8-10-21)23-20(6-5-12-26-23)18-31-13-15-32-16-14-31/h5-6,12,17,21H,2-4,7-11,13-16,18H2,1H3,(H2,27,28,29,30). The highest BCUT2D eigenvalue weighted by Crippen LogP contribution is 2.32. The molecule has 3 heterocycles. The quantitative estimate of drug-likeness (QED) is 0.443. The van der Waals surface area contributed by atoms with E-state index in [2.05, 4.69) is 40.1 Å². The van der Waals surface area contributed by atoms with Crippen LogP contribution in [0.4, 0.5) is 11.8 Å². The smallest absolute Gasteiger partial charge is 0.224 e. The van der Waals surface area contributed by atoms with Gasteiger partial charge in [0.2, 0.25) is 5.95 Å². The lowest BCUT2D eigenvalue weighted by Crippen LogP contribution is -2.35. The lowest BCUT2D eigenvalue weighted by atomic mass is 9.92. The SMILES string of the molecule is C=C1CCC(Nc2nc(NCCCC)ncc2-c2ncccc2CN2CCOCC2)CC1. The molecule has 1 aliphatic carbocycles. The third kappa shape index (κ3) is 6.04. The van der Waals surface area contributed by atoms with Crippen molar-refractivity contribution in [2.24, 2.45) is 0 Å². The molecule has 2 N–H and O–H groups in total. The van der Waals surface area contributed by atoms with Crippen molar-refractivity contribution in [3.8, 4) is 11.3 Å². The normalized spacial score (nSPS) is 18.0. The maximum absolute atomic E-state index is 5.52. The number of allylic oxidation sites excluding steroid dienone is 1. The molecular weight excluding hydrogens is 400 g/mol. The van der Waals surface area contributed by atoms with Gasteiger partial charge in [-0.2, -0.15) is 4.98 Å². The fourth-order valence-electron chi connectivity index (χ4n) is 4.30. The first-order chi connectivity index (χ1) is 15.7. The van der Waals surface area contributed by atoms with Crippen molar-refractivity contribution < 1.29 is 4.74 Å². The lowest BCUT2D eigenvalue weighted by Gasteiger charge is -2.28. The summed E-state index contributed by atoms with van der Waals surface area (Å²) >= 11 is 0. The van der Waals surface area contributed by atoms with Crippen LogP contribution in [0.25, 0.3) is 11.3 Å². The van der Waals surface area contributed by atoms with Crippen LogP contribution in [-0.4, -0.2) is 58.7 Å². The summed E-state index contributed by atoms with van der Waals surface area (Å²) in [7, 11) is 0. The summed E-state index contributed by atoms with van der Waals surface area (Å²) in [6.07, 6.45) is 10.4. The second kappa shape index (κ2) is 11.4. The predicted octanol–water partition coefficient (Wildman–Crippen LogP) is 4.49. The fourth-order valence-corrected chi connectivity index (χ4v) is 4.30. The topological polar surface area (TPSA) is 75.2 Å². The summed E-state index contributed by atoms with van der Waals surface area (Å²) in [6.45, 7) is 11.5. The first-order valence-electron chi connectivity index (χ1n) is 12.0. The monoisotopic (exact) mass is 436 g/mol. The Bertz CT molecular complexity index is 886. The molecule has 0 amide bonds. The molecule has 1 saturated heterocycles. The van der Waals surface area contributed by atoms with Crippen molar-refractivity contribution in [1.29, 1.82) is 0 Å². The van der Waals surface area contributed by atoms with Gasteiger partial charge in [-0.15, -0.1) is 0 Å². The van der Waals surface area contributed by atoms with Gasteiger partial charge in [-0.25, -0.2) is 4.98 Å². The van der Waals surface area contributed by atoms with Gasteiger partial charge in [0.15, 0.2) is 0 Å². The number of nitrogens with zero attached hydrogens (tertiary/aromatic N) is 4. The van der Waals surface area contributed by atoms with Gasteiger partial charge in [-0.05, 0) is 43.7 Å². The van der Waals surface area contributed by atoms with Gasteiger partial charge in [-0.1, -0.05) is 31.6 Å². The Labute approximate surface area is 191 Å². The Morgan fingerprint density at radius 2 is 2.00 bits per heavy atom. The minimum Gasteiger partial charge on any atom is -0.379 e. The van der Waals surface area contributed by atoms with Crippen LogP contribution >= 0.6 is 0 Å². The zero-order chi connectivity index (χ0) is 22.2. The molecule has 0 spiro atoms. The van der Waals surface area contributed by atoms with Gasteiger partial charge in [0.25, 0.3) is 0 Å². The summed E-state index contributed by atoms with van der Waals surface area (Å²) in [6, 6.07) is 4.57. The maximum atomic E-state index is 5.52. The Morgan fingerprint density at radius 3 is 2.78 bits per heavy atom. The van der Waals surface area contributed by atoms with Crippen molar-refractivity contribution in [2.75, 3.05) is 43.5 Å². The van der Waals surface area contributed by atoms with E-state index in [1.807, 2.05) is 18.5 Å². The van der Waals surface area contributed by atoms with E-state index in [0.717, 1.165) is 95.0 Å². The molecule has 0 aromatic carbocycles. The van der Waals surface area contributed by atoms with Crippen LogP contribution in [-0.2, 0) is 11.3 Å². The Hall–Kier alpha value is -2.51. The molecular formula is C25H36N6O. The van der Waals surface area contributed by atoms with E-state index in [-0.39, 0.29) is 0 Å². The molecule has 1 aliphatic heterocycles. The summed E-state index contributed by atoms with van der Waals surface area (Å²) in [5.74, 6) is 1.55. The van der Waals surface area contributed by atoms with Gasteiger partial charge in [-0.3, -0.25) is 9.88 Å². The van der Waals surface area contributed by atoms with E-state index < -0.39 is 0 Å². The van der Waals surface area contributed by atoms with E-state index in [0.29, 0.717) is 12.0 Å². The number of morpholine rings is 1. The number of pyridine rings is 1. The molecule has 0 bridgehead atoms. The lowest BCUT2D eigenvalue weighted by molar-refractivity contribution is 0.0342. The van der Waals surface area contributed by atoms with Crippen LogP contribution < -0.4 is 10.6 Å². The third-order valence-corrected chi connectivity index (χ3v) is 6.28. The fraction of sp³-hybridized carbons (Fsp3) is 0.560. The first-order valence-corrected chi connectivity index (χ1v) is 12.0. The highest BCUT2D eigenvalue weighted by Gasteiger charge is 2.21. The van der Waals surface area contributed by atoms with Crippen LogP contribution in [0.3, 0.4) is 0 Å². The van der Waals surface area contributed by atoms with Crippen molar-refractivity contribution in [1.82, 2.24) is 19.9 Å². The number of ether oxygens (including phenoxy) is 1. The number of aromatic nitrogens is 3. The van der Waals surface area contributed by atoms with Crippen molar-refractivity contribution >= 4 is 11.8 Å². The van der Waals surface area contributed by atoms with E-state index in [9.17, 15) is 0 Å². The van der Waals surface area contributed by atoms with Crippen LogP contribution in [0.15, 0.2) is 36.7 Å². The molecule has 0 unspecified atom stereocenters. The van der Waals surface area contributed by atoms with Gasteiger partial charge < -0.3 is 15.4 Å². The number of rotatable bonds is 9. The molecule has 172 valence electrons. The zero-order valence-corrected chi connectivity index (χ0v) is 19.3. The molecule has 2 aromatic heterocycles. The van der Waals surface area contributed by atoms with E-state index in [4.69, 9.17) is 14.7 Å². The second-order valence-corrected chi connectivity index (χ2v) is 8.80. The first kappa shape index (κ1) is 22.7. The number of hydrogen-bond acceptors (Lipinski definition) is 7. The molecule has 1 saturated carbocycles. The Kier molecular flexibility index (Phi) is 8.07. The highest BCUT2D eigenvalue weighted by atomic mass is 16.5. The van der Waals surface area contributed by atoms with E-state index in [1.54, 1.807) is 0 Å². The zero-order valence-electron chi connectivity index (χ0n) is 19.3. The minimum absolute atomic E-state index is 0.393. The van der Waals surface area contributed by atoms with Crippen molar-refractivity contribution in [3.05, 3.63) is 42.2 Å². The van der Waals surface area contributed by atoms with Crippen molar-refractivity contribution in [3.63, 3.8) is 0 Å². The van der Waals surface area contributed by atoms with E-state index in [1.165, 1.54) is 11.1 Å². The molecule has 2 fully saturated rings. The third-order valence-electron chi connectivity index (χ3n) is 6.28. The minimum atomic E-state index is 0.393. The average Bonchev–Trinajstić information content (AvgIpc) is 2.82. The Morgan fingerprint density at radius 1 is 1.19 bits per heavy atom. The number of hydrogen-bond donors (Lipinski definition) is 2. The molecule has 0 atom stereocenters. The predicted molar refractivity (Wildman–Crippen MR) is 130 cm³/mol. The summed E-state index contributed by atoms with van der Waals surface area (Å²) in [5, 5.41) is 7.09. The molecule has 2 aromatic rings. The van der Waals surface area contributed by atoms with Gasteiger partial charge in [0, 0.05) is 44.6 Å². The van der Waals surface area contributed by atoms with Crippen molar-refractivity contribution in [2.45, 2.75) is 58.0 Å². The molecule has 2 aliphatic rings. The number of unbranched alkanes of at least 4 members (excludes halogenated alkanes) is 1. The largest absolute Gasteiger partial charge is 0.379 e. The van der Waals surface area contributed by atoms with Crippen LogP contribution in [0.5, 0.6) is 0 Å². The number of nitrogens with one attached hydrogen (secondary N) is 2. The maximum Gasteiger partial charge on any atom is 0.224 e.